The second kappa shape index (κ2) is 9.69. The molecule has 2 N–H and O–H groups in total. The molecule has 12 heavy (non-hydrogen) atoms. The molecule has 0 fully saturated rings. The van der Waals surface area contributed by atoms with Crippen LogP contribution in [0.25, 0.3) is 0 Å². The molecule has 0 radical (unpaired) electrons. The van der Waals surface area contributed by atoms with Crippen LogP contribution >= 0.6 is 0 Å². The van der Waals surface area contributed by atoms with Gasteiger partial charge < -0.3 is 0 Å². The van der Waals surface area contributed by atoms with Crippen LogP contribution in [0, 0.1) is 0 Å². The number of hydrogen-bond acceptors (Lipinski definition) is 5. The van der Waals surface area contributed by atoms with Gasteiger partial charge in [0.15, 0.2) is 0 Å². The summed E-state index contributed by atoms with van der Waals surface area (Å²) in [5, 5.41) is 0. The van der Waals surface area contributed by atoms with E-state index >= 15 is 0 Å². The molecule has 0 atom stereocenters. The summed E-state index contributed by atoms with van der Waals surface area (Å²) in [4.78, 5) is 0. The van der Waals surface area contributed by atoms with Gasteiger partial charge in [0.05, 0.1) is 0 Å². The zero-order valence-corrected chi connectivity index (χ0v) is 13.5. The van der Waals surface area contributed by atoms with Crippen molar-refractivity contribution in [3.63, 3.8) is 0 Å². The van der Waals surface area contributed by atoms with Crippen molar-refractivity contribution in [3.8, 4) is 0 Å². The molecule has 11 heteroatoms. The summed E-state index contributed by atoms with van der Waals surface area (Å²) >= 11 is -4.62. The summed E-state index contributed by atoms with van der Waals surface area (Å²) in [5.41, 5.74) is 0.693. The summed E-state index contributed by atoms with van der Waals surface area (Å²) in [6.45, 7) is 0. The van der Waals surface area contributed by atoms with E-state index in [0.29, 0.717) is 5.71 Å². The van der Waals surface area contributed by atoms with Crippen molar-refractivity contribution in [3.05, 3.63) is 0 Å². The normalized spacial score (nSPS) is 9.75. The van der Waals surface area contributed by atoms with Gasteiger partial charge in [-0.15, -0.1) is 0 Å². The Kier molecular flexibility index (Phi) is 19.2. The van der Waals surface area contributed by atoms with E-state index in [2.05, 4.69) is 0 Å². The summed E-state index contributed by atoms with van der Waals surface area (Å²) in [6.07, 6.45) is 0. The van der Waals surface area contributed by atoms with Gasteiger partial charge in [-0.25, -0.2) is 0 Å². The van der Waals surface area contributed by atoms with Crippen molar-refractivity contribution in [2.24, 2.45) is 0 Å². The Bertz CT molecular complexity index is 199. The quantitative estimate of drug-likeness (QED) is 0.332. The molecule has 64 valence electrons. The summed E-state index contributed by atoms with van der Waals surface area (Å²) < 4.78 is 59.1. The van der Waals surface area contributed by atoms with Crippen LogP contribution in [0.2, 0.25) is 5.71 Å². The van der Waals surface area contributed by atoms with E-state index in [1.165, 1.54) is 0 Å². The first-order valence-electron chi connectivity index (χ1n) is 1.69. The Morgan fingerprint density at radius 1 is 1.17 bits per heavy atom. The van der Waals surface area contributed by atoms with Gasteiger partial charge in [0.25, 0.3) is 0 Å². The third-order valence-electron chi connectivity index (χ3n) is 0. The van der Waals surface area contributed by atoms with Gasteiger partial charge in [0.1, 0.15) is 0 Å². The van der Waals surface area contributed by atoms with E-state index in [4.69, 9.17) is 29.5 Å². The maximum Gasteiger partial charge on any atom is 1.00 e. The molecule has 0 aliphatic heterocycles. The second-order valence-corrected chi connectivity index (χ2v) is 5.35. The fourth-order valence-electron chi connectivity index (χ4n) is 0. The minimum Gasteiger partial charge on any atom is -0.264 e. The molecule has 0 saturated carbocycles. The van der Waals surface area contributed by atoms with Crippen LogP contribution in [0.5, 0.6) is 0 Å². The Morgan fingerprint density at radius 2 is 1.17 bits per heavy atom. The van der Waals surface area contributed by atoms with Crippen molar-refractivity contribution < 1.29 is 88.6 Å². The van der Waals surface area contributed by atoms with Crippen LogP contribution in [0.3, 0.4) is 0 Å². The molecular formula is CH5AsNa2O7S. The first-order valence-corrected chi connectivity index (χ1v) is 7.27. The molecule has 0 rings (SSSR count). The largest absolute Gasteiger partial charge is 1.00 e. The van der Waals surface area contributed by atoms with E-state index in [9.17, 15) is 0 Å². The van der Waals surface area contributed by atoms with Gasteiger partial charge in [-0.1, -0.05) is 0 Å². The van der Waals surface area contributed by atoms with E-state index in [0.717, 1.165) is 0 Å². The van der Waals surface area contributed by atoms with E-state index < -0.39 is 24.6 Å². The molecule has 0 amide bonds. The standard InChI is InChI=1S/CH5AsO3.2Na.H2O4S/c1-2(3,4)5;;;1-5(2,3)4/h1H3,(H2,3,4,5);;;(H2,1,2,3,4)/q;2*+1;/p-2. The smallest absolute Gasteiger partial charge is 0.264 e. The van der Waals surface area contributed by atoms with Crippen molar-refractivity contribution in [1.29, 1.82) is 0 Å². The first-order chi connectivity index (χ1) is 4.00. The van der Waals surface area contributed by atoms with Crippen LogP contribution in [0.4, 0.5) is 0 Å². The molecule has 0 heterocycles. The molecule has 0 spiro atoms. The SMILES string of the molecule is C[As](=O)([O-])[O-].O=S(=O)(O)O.[Na+].[Na+]. The van der Waals surface area contributed by atoms with E-state index in [1.54, 1.807) is 0 Å². The van der Waals surface area contributed by atoms with Gasteiger partial charge in [-0.05, 0) is 0 Å². The monoisotopic (exact) mass is 282 g/mol. The Morgan fingerprint density at radius 3 is 1.17 bits per heavy atom. The van der Waals surface area contributed by atoms with Crippen LogP contribution in [-0.2, 0) is 14.1 Å². The van der Waals surface area contributed by atoms with Crippen LogP contribution in [0.15, 0.2) is 0 Å². The van der Waals surface area contributed by atoms with Crippen molar-refractivity contribution >= 4 is 24.6 Å². The molecule has 7 nitrogen and oxygen atoms in total. The summed E-state index contributed by atoms with van der Waals surface area (Å²) in [7, 11) is -4.67. The number of hydrogen-bond donors (Lipinski definition) is 2. The third kappa shape index (κ3) is 327. The predicted molar refractivity (Wildman–Crippen MR) is 26.5 cm³/mol. The van der Waals surface area contributed by atoms with E-state index in [-0.39, 0.29) is 59.1 Å². The molecule has 0 aromatic rings. The fraction of sp³-hybridized carbons (Fsp3) is 1.00. The Hall–Kier alpha value is 2.15. The van der Waals surface area contributed by atoms with Crippen molar-refractivity contribution in [2.45, 2.75) is 5.71 Å². The Balaban J connectivity index is -0.0000000457. The maximum atomic E-state index is 9.16. The zero-order chi connectivity index (χ0) is 9.00. The van der Waals surface area contributed by atoms with Crippen LogP contribution in [-0.4, -0.2) is 31.7 Å². The summed E-state index contributed by atoms with van der Waals surface area (Å²) in [6, 6.07) is 0. The summed E-state index contributed by atoms with van der Waals surface area (Å²) in [5.74, 6) is 0. The third-order valence-corrected chi connectivity index (χ3v) is 0. The van der Waals surface area contributed by atoms with Crippen molar-refractivity contribution in [2.75, 3.05) is 0 Å². The molecule has 0 bridgehead atoms. The van der Waals surface area contributed by atoms with Gasteiger partial charge in [0.2, 0.25) is 0 Å². The van der Waals surface area contributed by atoms with Gasteiger partial charge in [-0.2, -0.15) is 8.42 Å². The minimum atomic E-state index is -4.67. The minimum absolute atomic E-state index is 0. The molecule has 0 aliphatic rings. The molecular weight excluding hydrogens is 277 g/mol. The van der Waals surface area contributed by atoms with Crippen LogP contribution in [0.1, 0.15) is 0 Å². The molecule has 0 aromatic heterocycles. The maximum absolute atomic E-state index is 9.16. The Labute approximate surface area is 117 Å². The van der Waals surface area contributed by atoms with E-state index in [1.807, 2.05) is 0 Å². The molecule has 0 unspecified atom stereocenters. The number of rotatable bonds is 0. The van der Waals surface area contributed by atoms with Gasteiger partial charge >= 0.3 is 101 Å². The average molecular weight is 282 g/mol. The second-order valence-electron chi connectivity index (χ2n) is 1.22. The topological polar surface area (TPSA) is 138 Å². The molecule has 0 saturated heterocycles. The predicted octanol–water partition coefficient (Wildman–Crippen LogP) is -8.94. The van der Waals surface area contributed by atoms with Gasteiger partial charge in [-0.3, -0.25) is 9.11 Å². The van der Waals surface area contributed by atoms with Crippen molar-refractivity contribution in [1.82, 2.24) is 0 Å². The average Bonchev–Trinajstić information content (AvgIpc) is 1.12. The van der Waals surface area contributed by atoms with Crippen LogP contribution < -0.4 is 67.3 Å². The molecule has 0 aliphatic carbocycles. The first kappa shape index (κ1) is 23.7. The fourth-order valence-corrected chi connectivity index (χ4v) is 0. The van der Waals surface area contributed by atoms with Gasteiger partial charge in [0, 0.05) is 0 Å². The molecule has 0 aromatic carbocycles. The zero-order valence-electron chi connectivity index (χ0n) is 6.79.